The maximum atomic E-state index is 12.8. The molecule has 7 heteroatoms. The quantitative estimate of drug-likeness (QED) is 0.793. The molecule has 1 fully saturated rings. The third-order valence-electron chi connectivity index (χ3n) is 6.45. The van der Waals surface area contributed by atoms with E-state index in [0.29, 0.717) is 13.1 Å². The summed E-state index contributed by atoms with van der Waals surface area (Å²) in [6, 6.07) is 4.22. The largest absolute Gasteiger partial charge is 0.352 e. The lowest BCUT2D eigenvalue weighted by molar-refractivity contribution is -0.123. The van der Waals surface area contributed by atoms with E-state index in [0.717, 1.165) is 36.1 Å². The Morgan fingerprint density at radius 1 is 1.29 bits per heavy atom. The number of hydrogen-bond acceptors (Lipinski definition) is 4. The highest BCUT2D eigenvalue weighted by Gasteiger charge is 2.38. The summed E-state index contributed by atoms with van der Waals surface area (Å²) < 4.78 is 3.49. The number of amides is 1. The normalized spacial score (nSPS) is 21.6. The molecule has 0 aliphatic heterocycles. The number of pyridine rings is 1. The fourth-order valence-electron chi connectivity index (χ4n) is 4.63. The van der Waals surface area contributed by atoms with Gasteiger partial charge in [0.2, 0.25) is 5.91 Å². The smallest absolute Gasteiger partial charge is 0.330 e. The molecular weight excluding hydrogens is 390 g/mol. The van der Waals surface area contributed by atoms with Crippen LogP contribution in [0.1, 0.15) is 65.5 Å². The van der Waals surface area contributed by atoms with Crippen molar-refractivity contribution in [2.75, 3.05) is 20.6 Å². The van der Waals surface area contributed by atoms with Crippen molar-refractivity contribution < 1.29 is 4.79 Å². The number of hydrogen-bond donors (Lipinski definition) is 1. The third kappa shape index (κ3) is 5.20. The van der Waals surface area contributed by atoms with Crippen molar-refractivity contribution in [3.05, 3.63) is 28.3 Å². The zero-order valence-corrected chi connectivity index (χ0v) is 20.5. The number of nitrogens with one attached hydrogen (secondary N) is 1. The first kappa shape index (κ1) is 23.5. The van der Waals surface area contributed by atoms with Crippen LogP contribution in [-0.4, -0.2) is 51.6 Å². The molecule has 2 atom stereocenters. The summed E-state index contributed by atoms with van der Waals surface area (Å²) in [7, 11) is 5.61. The first-order valence-corrected chi connectivity index (χ1v) is 11.3. The Bertz CT molecular complexity index is 1010. The van der Waals surface area contributed by atoms with Crippen molar-refractivity contribution in [1.29, 1.82) is 0 Å². The number of aryl methyl sites for hydroxylation is 1. The van der Waals surface area contributed by atoms with E-state index in [4.69, 9.17) is 4.98 Å². The van der Waals surface area contributed by atoms with Crippen LogP contribution in [0, 0.1) is 10.8 Å². The van der Waals surface area contributed by atoms with Crippen molar-refractivity contribution in [2.24, 2.45) is 17.9 Å². The molecule has 0 saturated heterocycles. The van der Waals surface area contributed by atoms with Gasteiger partial charge < -0.3 is 10.2 Å². The van der Waals surface area contributed by atoms with Crippen LogP contribution in [0.15, 0.2) is 16.9 Å². The van der Waals surface area contributed by atoms with Gasteiger partial charge in [-0.15, -0.1) is 0 Å². The minimum absolute atomic E-state index is 0.00369. The Morgan fingerprint density at radius 2 is 1.97 bits per heavy atom. The molecular formula is C24H39N5O2. The summed E-state index contributed by atoms with van der Waals surface area (Å²) in [5, 5.41) is 3.26. The summed E-state index contributed by atoms with van der Waals surface area (Å²) in [4.78, 5) is 32.1. The van der Waals surface area contributed by atoms with Gasteiger partial charge in [-0.2, -0.15) is 0 Å². The van der Waals surface area contributed by atoms with E-state index >= 15 is 0 Å². The standard InChI is InChI=1S/C24H39N5O2/c1-23(2,3)15-29-18-10-9-17(25-21(18)28(8)22(29)31)16-11-12-24(4,5)19(13-16)26-20(30)14-27(6)7/h9-10,16,19H,11-15H2,1-8H3,(H,26,30). The summed E-state index contributed by atoms with van der Waals surface area (Å²) in [5.41, 5.74) is 2.67. The van der Waals surface area contributed by atoms with Crippen molar-refractivity contribution >= 4 is 17.1 Å². The fraction of sp³-hybridized carbons (Fsp3) is 0.708. The van der Waals surface area contributed by atoms with Crippen molar-refractivity contribution in [1.82, 2.24) is 24.3 Å². The maximum Gasteiger partial charge on any atom is 0.330 e. The highest BCUT2D eigenvalue weighted by molar-refractivity contribution is 5.78. The molecule has 172 valence electrons. The van der Waals surface area contributed by atoms with Crippen LogP contribution < -0.4 is 11.0 Å². The van der Waals surface area contributed by atoms with Crippen LogP contribution >= 0.6 is 0 Å². The summed E-state index contributed by atoms with van der Waals surface area (Å²) in [5.74, 6) is 0.330. The van der Waals surface area contributed by atoms with Crippen molar-refractivity contribution in [3.8, 4) is 0 Å². The summed E-state index contributed by atoms with van der Waals surface area (Å²) in [6.45, 7) is 11.9. The fourth-order valence-corrected chi connectivity index (χ4v) is 4.63. The van der Waals surface area contributed by atoms with Gasteiger partial charge in [-0.3, -0.25) is 13.9 Å². The van der Waals surface area contributed by atoms with Gasteiger partial charge in [0.1, 0.15) is 0 Å². The Hall–Kier alpha value is -2.15. The second-order valence-electron chi connectivity index (χ2n) is 11.4. The first-order valence-electron chi connectivity index (χ1n) is 11.3. The molecule has 3 rings (SSSR count). The topological polar surface area (TPSA) is 72.2 Å². The Labute approximate surface area is 185 Å². The molecule has 1 N–H and O–H groups in total. The molecule has 2 aromatic rings. The zero-order chi connectivity index (χ0) is 23.1. The van der Waals surface area contributed by atoms with E-state index in [1.54, 1.807) is 11.6 Å². The van der Waals surface area contributed by atoms with Gasteiger partial charge in [-0.25, -0.2) is 9.78 Å². The number of nitrogens with zero attached hydrogens (tertiary/aromatic N) is 4. The minimum Gasteiger partial charge on any atom is -0.352 e. The van der Waals surface area contributed by atoms with Gasteiger partial charge in [0.15, 0.2) is 5.65 Å². The highest BCUT2D eigenvalue weighted by atomic mass is 16.2. The first-order chi connectivity index (χ1) is 14.3. The van der Waals surface area contributed by atoms with Gasteiger partial charge >= 0.3 is 5.69 Å². The van der Waals surface area contributed by atoms with Gasteiger partial charge in [-0.1, -0.05) is 34.6 Å². The monoisotopic (exact) mass is 429 g/mol. The second-order valence-corrected chi connectivity index (χ2v) is 11.4. The van der Waals surface area contributed by atoms with Gasteiger partial charge in [-0.05, 0) is 56.3 Å². The number of carbonyl (C=O) groups excluding carboxylic acids is 1. The predicted octanol–water partition coefficient (Wildman–Crippen LogP) is 3.12. The number of likely N-dealkylation sites (N-methyl/N-ethyl adjacent to an activating group) is 1. The van der Waals surface area contributed by atoms with Crippen LogP contribution in [0.4, 0.5) is 0 Å². The molecule has 2 heterocycles. The van der Waals surface area contributed by atoms with Crippen LogP contribution in [0.25, 0.3) is 11.2 Å². The third-order valence-corrected chi connectivity index (χ3v) is 6.45. The summed E-state index contributed by atoms with van der Waals surface area (Å²) >= 11 is 0. The molecule has 0 radical (unpaired) electrons. The average Bonchev–Trinajstić information content (AvgIpc) is 2.86. The average molecular weight is 430 g/mol. The zero-order valence-electron chi connectivity index (χ0n) is 20.5. The molecule has 2 aromatic heterocycles. The highest BCUT2D eigenvalue weighted by Crippen LogP contribution is 2.42. The Morgan fingerprint density at radius 3 is 2.58 bits per heavy atom. The van der Waals surface area contributed by atoms with Crippen LogP contribution in [0.2, 0.25) is 0 Å². The number of rotatable bonds is 5. The molecule has 7 nitrogen and oxygen atoms in total. The van der Waals surface area contributed by atoms with E-state index in [2.05, 4.69) is 46.0 Å². The lowest BCUT2D eigenvalue weighted by atomic mass is 9.68. The molecule has 1 saturated carbocycles. The van der Waals surface area contributed by atoms with E-state index in [-0.39, 0.29) is 34.4 Å². The molecule has 1 aliphatic carbocycles. The lowest BCUT2D eigenvalue weighted by Crippen LogP contribution is -2.50. The SMILES string of the molecule is CN(C)CC(=O)NC1CC(c2ccc3c(n2)n(C)c(=O)n3CC(C)(C)C)CCC1(C)C. The number of carbonyl (C=O) groups is 1. The molecule has 0 aromatic carbocycles. The van der Waals surface area contributed by atoms with E-state index < -0.39 is 0 Å². The van der Waals surface area contributed by atoms with Crippen molar-refractivity contribution in [3.63, 3.8) is 0 Å². The molecule has 2 unspecified atom stereocenters. The van der Waals surface area contributed by atoms with Crippen LogP contribution in [0.3, 0.4) is 0 Å². The summed E-state index contributed by atoms with van der Waals surface area (Å²) in [6.07, 6.45) is 2.91. The van der Waals surface area contributed by atoms with Crippen LogP contribution in [-0.2, 0) is 18.4 Å². The van der Waals surface area contributed by atoms with Gasteiger partial charge in [0, 0.05) is 31.2 Å². The van der Waals surface area contributed by atoms with E-state index in [1.807, 2.05) is 29.6 Å². The van der Waals surface area contributed by atoms with Crippen LogP contribution in [0.5, 0.6) is 0 Å². The van der Waals surface area contributed by atoms with E-state index in [1.165, 1.54) is 0 Å². The lowest BCUT2D eigenvalue weighted by Gasteiger charge is -2.42. The molecule has 1 amide bonds. The second kappa shape index (κ2) is 8.41. The molecule has 0 bridgehead atoms. The van der Waals surface area contributed by atoms with Gasteiger partial charge in [0.05, 0.1) is 12.1 Å². The Balaban J connectivity index is 1.88. The Kier molecular flexibility index (Phi) is 6.38. The maximum absolute atomic E-state index is 12.8. The molecule has 0 spiro atoms. The molecule has 31 heavy (non-hydrogen) atoms. The number of fused-ring (bicyclic) bond motifs is 1. The van der Waals surface area contributed by atoms with E-state index in [9.17, 15) is 9.59 Å². The minimum atomic E-state index is -0.0202. The molecule has 1 aliphatic rings. The van der Waals surface area contributed by atoms with Gasteiger partial charge in [0.25, 0.3) is 0 Å². The number of aromatic nitrogens is 3. The van der Waals surface area contributed by atoms with Crippen molar-refractivity contribution in [2.45, 2.75) is 72.4 Å². The number of imidazole rings is 1. The predicted molar refractivity (Wildman–Crippen MR) is 125 cm³/mol.